The van der Waals surface area contributed by atoms with Gasteiger partial charge in [0.1, 0.15) is 26.2 Å². The lowest BCUT2D eigenvalue weighted by molar-refractivity contribution is -1.00. The SMILES string of the molecule is Cc1cccc(C)c1NC(=O)C[NH+]1CC[NH+](CC(=O)N2CC[C@H]3CCCC[C@H]3C2)CC1. The summed E-state index contributed by atoms with van der Waals surface area (Å²) in [4.78, 5) is 30.3. The van der Waals surface area contributed by atoms with Gasteiger partial charge in [0, 0.05) is 18.8 Å². The molecule has 1 aliphatic carbocycles. The smallest absolute Gasteiger partial charge is 0.279 e. The second-order valence-corrected chi connectivity index (χ2v) is 10.1. The summed E-state index contributed by atoms with van der Waals surface area (Å²) in [5.74, 6) is 2.04. The van der Waals surface area contributed by atoms with Gasteiger partial charge in [-0.3, -0.25) is 9.59 Å². The standard InChI is InChI=1S/C25H38N4O2/c1-19-6-5-7-20(2)25(19)26-23(30)17-27-12-14-28(15-13-27)18-24(31)29-11-10-21-8-3-4-9-22(21)16-29/h5-7,21-22H,3-4,8-18H2,1-2H3,(H,26,30)/p+2/t21-,22+/m1/s1. The Kier molecular flexibility index (Phi) is 7.28. The number of likely N-dealkylation sites (tertiary alicyclic amines) is 1. The van der Waals surface area contributed by atoms with E-state index >= 15 is 0 Å². The van der Waals surface area contributed by atoms with Crippen molar-refractivity contribution in [3.05, 3.63) is 29.3 Å². The van der Waals surface area contributed by atoms with Crippen LogP contribution < -0.4 is 15.1 Å². The highest BCUT2D eigenvalue weighted by molar-refractivity contribution is 5.93. The van der Waals surface area contributed by atoms with Crippen LogP contribution in [-0.2, 0) is 9.59 Å². The van der Waals surface area contributed by atoms with Crippen molar-refractivity contribution in [2.24, 2.45) is 11.8 Å². The first-order valence-electron chi connectivity index (χ1n) is 12.3. The fourth-order valence-electron chi connectivity index (χ4n) is 5.89. The maximum absolute atomic E-state index is 12.9. The third-order valence-electron chi connectivity index (χ3n) is 7.87. The van der Waals surface area contributed by atoms with Gasteiger partial charge in [0.05, 0.1) is 0 Å². The highest BCUT2D eigenvalue weighted by Gasteiger charge is 2.34. The van der Waals surface area contributed by atoms with Crippen LogP contribution in [0, 0.1) is 25.7 Å². The summed E-state index contributed by atoms with van der Waals surface area (Å²) in [6.45, 7) is 11.0. The normalized spacial score (nSPS) is 28.6. The molecule has 31 heavy (non-hydrogen) atoms. The minimum atomic E-state index is 0.0854. The van der Waals surface area contributed by atoms with Gasteiger partial charge in [-0.15, -0.1) is 0 Å². The van der Waals surface area contributed by atoms with Gasteiger partial charge in [0.25, 0.3) is 11.8 Å². The molecule has 3 fully saturated rings. The van der Waals surface area contributed by atoms with Crippen LogP contribution in [0.25, 0.3) is 0 Å². The van der Waals surface area contributed by atoms with E-state index in [4.69, 9.17) is 0 Å². The van der Waals surface area contributed by atoms with Gasteiger partial charge < -0.3 is 20.0 Å². The highest BCUT2D eigenvalue weighted by atomic mass is 16.2. The Morgan fingerprint density at radius 3 is 2.23 bits per heavy atom. The quantitative estimate of drug-likeness (QED) is 0.622. The molecule has 2 amide bonds. The van der Waals surface area contributed by atoms with E-state index in [1.807, 2.05) is 32.0 Å². The summed E-state index contributed by atoms with van der Waals surface area (Å²) in [6.07, 6.45) is 6.62. The number of aryl methyl sites for hydroxylation is 2. The molecule has 2 atom stereocenters. The summed E-state index contributed by atoms with van der Waals surface area (Å²) in [7, 11) is 0. The van der Waals surface area contributed by atoms with Crippen LogP contribution in [-0.4, -0.2) is 69.1 Å². The molecule has 0 aromatic heterocycles. The number of para-hydroxylation sites is 1. The van der Waals surface area contributed by atoms with Crippen molar-refractivity contribution >= 4 is 17.5 Å². The number of amides is 2. The highest BCUT2D eigenvalue weighted by Crippen LogP contribution is 2.35. The number of piperazine rings is 1. The number of benzene rings is 1. The number of carbonyl (C=O) groups excluding carboxylic acids is 2. The third-order valence-corrected chi connectivity index (χ3v) is 7.87. The van der Waals surface area contributed by atoms with Crippen molar-refractivity contribution in [1.82, 2.24) is 4.90 Å². The van der Waals surface area contributed by atoms with Crippen LogP contribution in [0.4, 0.5) is 5.69 Å². The number of hydrogen-bond donors (Lipinski definition) is 3. The third kappa shape index (κ3) is 5.66. The molecule has 2 saturated heterocycles. The van der Waals surface area contributed by atoms with Crippen LogP contribution in [0.3, 0.4) is 0 Å². The minimum Gasteiger partial charge on any atom is -0.338 e. The molecule has 2 heterocycles. The molecule has 1 aromatic rings. The lowest BCUT2D eigenvalue weighted by atomic mass is 9.75. The van der Waals surface area contributed by atoms with Gasteiger partial charge in [0.2, 0.25) is 0 Å². The van der Waals surface area contributed by atoms with Gasteiger partial charge in [0.15, 0.2) is 13.1 Å². The average molecular weight is 429 g/mol. The van der Waals surface area contributed by atoms with E-state index in [1.54, 1.807) is 0 Å². The maximum Gasteiger partial charge on any atom is 0.279 e. The summed E-state index contributed by atoms with van der Waals surface area (Å²) < 4.78 is 0. The van der Waals surface area contributed by atoms with Crippen LogP contribution >= 0.6 is 0 Å². The van der Waals surface area contributed by atoms with Crippen molar-refractivity contribution in [1.29, 1.82) is 0 Å². The van der Waals surface area contributed by atoms with Crippen LogP contribution in [0.5, 0.6) is 0 Å². The van der Waals surface area contributed by atoms with Gasteiger partial charge in [-0.25, -0.2) is 0 Å². The van der Waals surface area contributed by atoms with Crippen molar-refractivity contribution in [3.63, 3.8) is 0 Å². The van der Waals surface area contributed by atoms with E-state index in [9.17, 15) is 9.59 Å². The van der Waals surface area contributed by atoms with Gasteiger partial charge in [-0.2, -0.15) is 0 Å². The molecule has 3 N–H and O–H groups in total. The summed E-state index contributed by atoms with van der Waals surface area (Å²) in [6, 6.07) is 6.09. The number of hydrogen-bond acceptors (Lipinski definition) is 2. The predicted octanol–water partition coefficient (Wildman–Crippen LogP) is 0.0640. The van der Waals surface area contributed by atoms with E-state index in [0.717, 1.165) is 67.9 Å². The Balaban J connectivity index is 1.19. The molecule has 0 radical (unpaired) electrons. The fraction of sp³-hybridized carbons (Fsp3) is 0.680. The molecule has 0 unspecified atom stereocenters. The molecule has 1 saturated carbocycles. The molecule has 1 aromatic carbocycles. The molecular formula is C25H40N4O2+2. The largest absolute Gasteiger partial charge is 0.338 e. The zero-order valence-electron chi connectivity index (χ0n) is 19.3. The number of piperidine rings is 1. The molecule has 6 nitrogen and oxygen atoms in total. The van der Waals surface area contributed by atoms with Crippen LogP contribution in [0.1, 0.15) is 43.2 Å². The van der Waals surface area contributed by atoms with Gasteiger partial charge >= 0.3 is 0 Å². The van der Waals surface area contributed by atoms with Gasteiger partial charge in [-0.05, 0) is 49.7 Å². The second-order valence-electron chi connectivity index (χ2n) is 10.1. The summed E-state index contributed by atoms with van der Waals surface area (Å²) in [5.41, 5.74) is 3.16. The number of rotatable bonds is 5. The Morgan fingerprint density at radius 2 is 1.55 bits per heavy atom. The number of anilines is 1. The average Bonchev–Trinajstić information content (AvgIpc) is 2.77. The van der Waals surface area contributed by atoms with E-state index in [2.05, 4.69) is 10.2 Å². The number of nitrogens with zero attached hydrogens (tertiary/aromatic N) is 1. The van der Waals surface area contributed by atoms with E-state index < -0.39 is 0 Å². The monoisotopic (exact) mass is 428 g/mol. The Labute approximate surface area is 187 Å². The lowest BCUT2D eigenvalue weighted by Gasteiger charge is -2.41. The van der Waals surface area contributed by atoms with Crippen molar-refractivity contribution in [2.45, 2.75) is 46.0 Å². The Morgan fingerprint density at radius 1 is 0.935 bits per heavy atom. The van der Waals surface area contributed by atoms with Crippen molar-refractivity contribution in [3.8, 4) is 0 Å². The molecule has 0 spiro atoms. The van der Waals surface area contributed by atoms with Gasteiger partial charge in [-0.1, -0.05) is 37.5 Å². The van der Waals surface area contributed by atoms with E-state index in [0.29, 0.717) is 19.0 Å². The minimum absolute atomic E-state index is 0.0854. The molecule has 6 heteroatoms. The predicted molar refractivity (Wildman–Crippen MR) is 122 cm³/mol. The first-order chi connectivity index (χ1) is 15.0. The van der Waals surface area contributed by atoms with E-state index in [1.165, 1.54) is 41.9 Å². The summed E-state index contributed by atoms with van der Waals surface area (Å²) >= 11 is 0. The second kappa shape index (κ2) is 10.1. The maximum atomic E-state index is 12.9. The number of carbonyl (C=O) groups is 2. The molecule has 2 aliphatic heterocycles. The zero-order valence-corrected chi connectivity index (χ0v) is 19.3. The van der Waals surface area contributed by atoms with Crippen molar-refractivity contribution < 1.29 is 19.4 Å². The summed E-state index contributed by atoms with van der Waals surface area (Å²) in [5, 5.41) is 3.11. The van der Waals surface area contributed by atoms with Crippen LogP contribution in [0.15, 0.2) is 18.2 Å². The lowest BCUT2D eigenvalue weighted by Crippen LogP contribution is -3.28. The molecule has 170 valence electrons. The fourth-order valence-corrected chi connectivity index (χ4v) is 5.89. The molecular weight excluding hydrogens is 388 g/mol. The molecule has 4 rings (SSSR count). The molecule has 0 bridgehead atoms. The van der Waals surface area contributed by atoms with Crippen molar-refractivity contribution in [2.75, 3.05) is 57.7 Å². The first kappa shape index (κ1) is 22.3. The number of quaternary nitrogens is 2. The first-order valence-corrected chi connectivity index (χ1v) is 12.3. The van der Waals surface area contributed by atoms with Crippen LogP contribution in [0.2, 0.25) is 0 Å². The Bertz CT molecular complexity index is 767. The van der Waals surface area contributed by atoms with E-state index in [-0.39, 0.29) is 5.91 Å². The topological polar surface area (TPSA) is 58.3 Å². The number of nitrogens with one attached hydrogen (secondary N) is 3. The zero-order chi connectivity index (χ0) is 21.8. The number of fused-ring (bicyclic) bond motifs is 1. The Hall–Kier alpha value is -1.92. The molecule has 3 aliphatic rings.